The Morgan fingerprint density at radius 3 is 1.78 bits per heavy atom. The van der Waals surface area contributed by atoms with Crippen LogP contribution in [0, 0.1) is 0 Å². The molecule has 0 spiro atoms. The number of ketones is 2. The van der Waals surface area contributed by atoms with Crippen LogP contribution >= 0.6 is 0 Å². The van der Waals surface area contributed by atoms with Crippen LogP contribution in [0.3, 0.4) is 0 Å². The van der Waals surface area contributed by atoms with Crippen LogP contribution in [0.4, 0.5) is 4.79 Å². The largest absolute Gasteiger partial charge is 0.508 e. The van der Waals surface area contributed by atoms with Crippen LogP contribution in [0.5, 0.6) is 0 Å². The molecular formula is C18H37NO8. The molecular weight excluding hydrogens is 358 g/mol. The highest BCUT2D eigenvalue weighted by atomic mass is 16.7. The van der Waals surface area contributed by atoms with Gasteiger partial charge in [0, 0.05) is 27.2 Å². The normalized spacial score (nSPS) is 9.48. The van der Waals surface area contributed by atoms with Crippen LogP contribution in [-0.2, 0) is 33.3 Å². The summed E-state index contributed by atoms with van der Waals surface area (Å²) in [5, 5.41) is 0. The van der Waals surface area contributed by atoms with Gasteiger partial charge in [-0.2, -0.15) is 0 Å². The number of rotatable bonds is 12. The molecule has 0 unspecified atom stereocenters. The van der Waals surface area contributed by atoms with Gasteiger partial charge in [-0.1, -0.05) is 0 Å². The van der Waals surface area contributed by atoms with Gasteiger partial charge in [-0.3, -0.25) is 9.59 Å². The van der Waals surface area contributed by atoms with E-state index in [1.807, 2.05) is 19.0 Å². The topological polar surface area (TPSA) is 101 Å². The van der Waals surface area contributed by atoms with Crippen molar-refractivity contribution in [3.05, 3.63) is 0 Å². The Balaban J connectivity index is -0.000000329. The van der Waals surface area contributed by atoms with Gasteiger partial charge in [-0.15, -0.1) is 0 Å². The lowest BCUT2D eigenvalue weighted by Gasteiger charge is -2.09. The summed E-state index contributed by atoms with van der Waals surface area (Å²) in [6.07, 6.45) is -0.0504. The lowest BCUT2D eigenvalue weighted by molar-refractivity contribution is -0.122. The lowest BCUT2D eigenvalue weighted by atomic mass is 10.3. The molecule has 0 aromatic heterocycles. The fraction of sp³-hybridized carbons (Fsp3) is 0.833. The van der Waals surface area contributed by atoms with Crippen LogP contribution in [0.15, 0.2) is 0 Å². The molecule has 9 heteroatoms. The van der Waals surface area contributed by atoms with Crippen molar-refractivity contribution in [1.82, 2.24) is 4.90 Å². The van der Waals surface area contributed by atoms with Gasteiger partial charge in [-0.25, -0.2) is 4.79 Å². The van der Waals surface area contributed by atoms with Crippen molar-refractivity contribution < 1.29 is 38.1 Å². The fourth-order valence-corrected chi connectivity index (χ4v) is 1.08. The molecule has 0 fully saturated rings. The van der Waals surface area contributed by atoms with Gasteiger partial charge in [0.1, 0.15) is 19.0 Å². The van der Waals surface area contributed by atoms with Crippen LogP contribution < -0.4 is 0 Å². The number of hydrogen-bond donors (Lipinski definition) is 0. The summed E-state index contributed by atoms with van der Waals surface area (Å²) in [6.45, 7) is 8.05. The Kier molecular flexibility index (Phi) is 27.3. The highest BCUT2D eigenvalue weighted by Crippen LogP contribution is 1.85. The summed E-state index contributed by atoms with van der Waals surface area (Å²) in [5.74, 6) is 0.230. The summed E-state index contributed by atoms with van der Waals surface area (Å²) in [6, 6.07) is 0. The number of likely N-dealkylation sites (N-methyl/N-ethyl adjacent to an activating group) is 1. The molecule has 0 aliphatic heterocycles. The van der Waals surface area contributed by atoms with Crippen LogP contribution in [-0.4, -0.2) is 97.1 Å². The molecule has 0 bridgehead atoms. The maximum absolute atomic E-state index is 10.6. The van der Waals surface area contributed by atoms with Gasteiger partial charge in [0.15, 0.2) is 5.78 Å². The van der Waals surface area contributed by atoms with E-state index in [-0.39, 0.29) is 18.2 Å². The minimum Gasteiger partial charge on any atom is -0.435 e. The summed E-state index contributed by atoms with van der Waals surface area (Å²) in [4.78, 5) is 32.9. The molecule has 0 aromatic carbocycles. The fourth-order valence-electron chi connectivity index (χ4n) is 1.08. The minimum atomic E-state index is -0.589. The Morgan fingerprint density at radius 2 is 1.41 bits per heavy atom. The second-order valence-corrected chi connectivity index (χ2v) is 5.53. The van der Waals surface area contributed by atoms with E-state index < -0.39 is 6.16 Å². The molecule has 27 heavy (non-hydrogen) atoms. The minimum absolute atomic E-state index is 0.0473. The Morgan fingerprint density at radius 1 is 0.815 bits per heavy atom. The number of nitrogens with zero attached hydrogens (tertiary/aromatic N) is 1. The average molecular weight is 395 g/mol. The Bertz CT molecular complexity index is 361. The molecule has 0 atom stereocenters. The van der Waals surface area contributed by atoms with E-state index in [9.17, 15) is 14.4 Å². The molecule has 0 radical (unpaired) electrons. The molecule has 0 N–H and O–H groups in total. The van der Waals surface area contributed by atoms with Gasteiger partial charge < -0.3 is 28.6 Å². The summed E-state index contributed by atoms with van der Waals surface area (Å²) < 4.78 is 23.4. The van der Waals surface area contributed by atoms with Crippen LogP contribution in [0.1, 0.15) is 27.2 Å². The van der Waals surface area contributed by atoms with E-state index in [0.29, 0.717) is 39.5 Å². The smallest absolute Gasteiger partial charge is 0.435 e. The van der Waals surface area contributed by atoms with E-state index in [1.54, 1.807) is 28.1 Å². The first-order valence-electron chi connectivity index (χ1n) is 8.69. The molecule has 0 aromatic rings. The van der Waals surface area contributed by atoms with Crippen molar-refractivity contribution in [1.29, 1.82) is 0 Å². The maximum Gasteiger partial charge on any atom is 0.508 e. The van der Waals surface area contributed by atoms with Gasteiger partial charge >= 0.3 is 6.16 Å². The third-order valence-corrected chi connectivity index (χ3v) is 2.42. The van der Waals surface area contributed by atoms with Crippen molar-refractivity contribution in [3.63, 3.8) is 0 Å². The maximum atomic E-state index is 10.6. The first-order valence-corrected chi connectivity index (χ1v) is 8.69. The van der Waals surface area contributed by atoms with Crippen molar-refractivity contribution in [2.24, 2.45) is 0 Å². The molecule has 0 heterocycles. The predicted molar refractivity (Wildman–Crippen MR) is 102 cm³/mol. The van der Waals surface area contributed by atoms with E-state index in [4.69, 9.17) is 9.47 Å². The molecule has 162 valence electrons. The Labute approximate surface area is 163 Å². The van der Waals surface area contributed by atoms with Crippen molar-refractivity contribution in [2.75, 3.05) is 74.5 Å². The second-order valence-electron chi connectivity index (χ2n) is 5.53. The average Bonchev–Trinajstić information content (AvgIpc) is 2.58. The molecule has 0 amide bonds. The molecule has 0 aliphatic rings. The third-order valence-electron chi connectivity index (χ3n) is 2.42. The summed E-state index contributed by atoms with van der Waals surface area (Å²) >= 11 is 0. The van der Waals surface area contributed by atoms with Gasteiger partial charge in [-0.05, 0) is 34.9 Å². The van der Waals surface area contributed by atoms with Crippen molar-refractivity contribution >= 4 is 17.7 Å². The Hall–Kier alpha value is -1.55. The zero-order chi connectivity index (χ0) is 21.5. The van der Waals surface area contributed by atoms with E-state index >= 15 is 0 Å². The number of Topliss-reactive ketones (excluding diaryl/α,β-unsaturated/α-hetero) is 2. The summed E-state index contributed by atoms with van der Waals surface area (Å²) in [5.41, 5.74) is 0. The molecule has 0 saturated heterocycles. The molecule has 0 aliphatic carbocycles. The van der Waals surface area contributed by atoms with Gasteiger partial charge in [0.2, 0.25) is 0 Å². The monoisotopic (exact) mass is 395 g/mol. The predicted octanol–water partition coefficient (Wildman–Crippen LogP) is 1.57. The number of ether oxygens (including phenoxy) is 5. The SMILES string of the molecule is CCOC(=O)OCCN(C)C.COCCC(C)=O.COCCOCC(C)=O. The summed E-state index contributed by atoms with van der Waals surface area (Å²) in [7, 11) is 7.00. The number of carbonyl (C=O) groups is 3. The van der Waals surface area contributed by atoms with Crippen molar-refractivity contribution in [2.45, 2.75) is 27.2 Å². The van der Waals surface area contributed by atoms with Gasteiger partial charge in [0.05, 0.1) is 26.4 Å². The quantitative estimate of drug-likeness (QED) is 0.360. The lowest BCUT2D eigenvalue weighted by Crippen LogP contribution is -2.20. The second kappa shape index (κ2) is 24.5. The highest BCUT2D eigenvalue weighted by molar-refractivity contribution is 5.76. The standard InChI is InChI=1S/C7H15NO3.C6H12O3.C5H10O2/c1-4-10-7(9)11-6-5-8(2)3;1-6(7)5-9-4-3-8-2;1-5(6)3-4-7-2/h4-6H2,1-3H3;3-5H2,1-2H3;3-4H2,1-2H3. The number of methoxy groups -OCH3 is 2. The van der Waals surface area contributed by atoms with E-state index in [0.717, 1.165) is 6.54 Å². The third kappa shape index (κ3) is 40.5. The molecule has 9 nitrogen and oxygen atoms in total. The molecule has 0 saturated carbocycles. The zero-order valence-corrected chi connectivity index (χ0v) is 17.9. The van der Waals surface area contributed by atoms with Crippen molar-refractivity contribution in [3.8, 4) is 0 Å². The number of carbonyl (C=O) groups excluding carboxylic acids is 3. The molecule has 0 rings (SSSR count). The number of hydrogen-bond acceptors (Lipinski definition) is 9. The van der Waals surface area contributed by atoms with Gasteiger partial charge in [0.25, 0.3) is 0 Å². The first-order chi connectivity index (χ1) is 12.7. The van der Waals surface area contributed by atoms with Crippen LogP contribution in [0.25, 0.3) is 0 Å². The highest BCUT2D eigenvalue weighted by Gasteiger charge is 2.00. The zero-order valence-electron chi connectivity index (χ0n) is 17.9. The van der Waals surface area contributed by atoms with Crippen LogP contribution in [0.2, 0.25) is 0 Å². The van der Waals surface area contributed by atoms with E-state index in [1.165, 1.54) is 6.92 Å². The van der Waals surface area contributed by atoms with E-state index in [2.05, 4.69) is 14.2 Å². The first kappa shape index (κ1) is 30.2.